The minimum Gasteiger partial charge on any atom is -0.493 e. The van der Waals surface area contributed by atoms with Gasteiger partial charge in [-0.15, -0.1) is 0 Å². The molecule has 4 aromatic rings. The highest BCUT2D eigenvalue weighted by atomic mass is 16.5. The second-order valence-electron chi connectivity index (χ2n) is 9.55. The Balaban J connectivity index is 1.73. The Kier molecular flexibility index (Phi) is 6.94. The van der Waals surface area contributed by atoms with Gasteiger partial charge in [0.25, 0.3) is 11.7 Å². The molecule has 7 heteroatoms. The molecule has 7 nitrogen and oxygen atoms in total. The van der Waals surface area contributed by atoms with Crippen LogP contribution in [0.15, 0.2) is 66.9 Å². The average molecular weight is 494 g/mol. The lowest BCUT2D eigenvalue weighted by Gasteiger charge is -2.22. The third kappa shape index (κ3) is 5.00. The normalized spacial score (nSPS) is 11.0. The van der Waals surface area contributed by atoms with E-state index in [1.165, 1.54) is 7.11 Å². The molecule has 1 N–H and O–H groups in total. The standard InChI is InChI=1S/C30H27N3O4/c1-30(2,3)20-14-19(16-31)28(37-5)25(15-20)33-29(35)27(34)24-12-11-21(22-8-6-7-9-23(22)24)18-10-13-26(36-4)32-17-18/h6-15,17H,1-5H3,(H,33,35). The maximum atomic E-state index is 13.4. The number of ether oxygens (including phenoxy) is 2. The Morgan fingerprint density at radius 1 is 0.946 bits per heavy atom. The summed E-state index contributed by atoms with van der Waals surface area (Å²) in [6.07, 6.45) is 1.70. The van der Waals surface area contributed by atoms with Crippen molar-refractivity contribution < 1.29 is 19.1 Å². The molecule has 0 saturated carbocycles. The maximum absolute atomic E-state index is 13.4. The molecule has 0 unspecified atom stereocenters. The zero-order chi connectivity index (χ0) is 26.7. The molecule has 37 heavy (non-hydrogen) atoms. The minimum atomic E-state index is -0.822. The van der Waals surface area contributed by atoms with Gasteiger partial charge < -0.3 is 14.8 Å². The lowest BCUT2D eigenvalue weighted by Crippen LogP contribution is -2.24. The van der Waals surface area contributed by atoms with Gasteiger partial charge in [-0.05, 0) is 51.6 Å². The van der Waals surface area contributed by atoms with Gasteiger partial charge in [-0.3, -0.25) is 9.59 Å². The van der Waals surface area contributed by atoms with Crippen LogP contribution in [0.3, 0.4) is 0 Å². The summed E-state index contributed by atoms with van der Waals surface area (Å²) in [4.78, 5) is 30.9. The molecule has 0 radical (unpaired) electrons. The average Bonchev–Trinajstić information content (AvgIpc) is 2.91. The van der Waals surface area contributed by atoms with E-state index in [0.717, 1.165) is 22.1 Å². The lowest BCUT2D eigenvalue weighted by molar-refractivity contribution is -0.112. The van der Waals surface area contributed by atoms with Crippen LogP contribution in [0.5, 0.6) is 11.6 Å². The van der Waals surface area contributed by atoms with Gasteiger partial charge in [0.05, 0.1) is 25.5 Å². The van der Waals surface area contributed by atoms with Crippen molar-refractivity contribution in [1.82, 2.24) is 4.98 Å². The zero-order valence-electron chi connectivity index (χ0n) is 21.4. The second-order valence-corrected chi connectivity index (χ2v) is 9.55. The highest BCUT2D eigenvalue weighted by Crippen LogP contribution is 2.36. The predicted octanol–water partition coefficient (Wildman–Crippen LogP) is 5.91. The van der Waals surface area contributed by atoms with Gasteiger partial charge in [0, 0.05) is 23.4 Å². The smallest absolute Gasteiger partial charge is 0.296 e. The highest BCUT2D eigenvalue weighted by molar-refractivity contribution is 6.48. The van der Waals surface area contributed by atoms with Gasteiger partial charge in [-0.25, -0.2) is 4.98 Å². The molecule has 0 spiro atoms. The summed E-state index contributed by atoms with van der Waals surface area (Å²) in [6.45, 7) is 6.00. The first-order valence-electron chi connectivity index (χ1n) is 11.7. The number of hydrogen-bond donors (Lipinski definition) is 1. The number of pyridine rings is 1. The fraction of sp³-hybridized carbons (Fsp3) is 0.200. The summed E-state index contributed by atoms with van der Waals surface area (Å²) < 4.78 is 10.6. The van der Waals surface area contributed by atoms with E-state index < -0.39 is 11.7 Å². The number of Topliss-reactive ketones (excluding diaryl/α,β-unsaturated/α-hetero) is 1. The summed E-state index contributed by atoms with van der Waals surface area (Å²) in [5, 5.41) is 13.8. The number of rotatable bonds is 6. The summed E-state index contributed by atoms with van der Waals surface area (Å²) in [7, 11) is 2.98. The number of hydrogen-bond acceptors (Lipinski definition) is 6. The van der Waals surface area contributed by atoms with Crippen LogP contribution in [0, 0.1) is 11.3 Å². The summed E-state index contributed by atoms with van der Waals surface area (Å²) >= 11 is 0. The van der Waals surface area contributed by atoms with Gasteiger partial charge in [0.15, 0.2) is 5.75 Å². The van der Waals surface area contributed by atoms with Crippen molar-refractivity contribution in [3.05, 3.63) is 83.6 Å². The second kappa shape index (κ2) is 10.1. The highest BCUT2D eigenvalue weighted by Gasteiger charge is 2.24. The van der Waals surface area contributed by atoms with Crippen molar-refractivity contribution in [2.45, 2.75) is 26.2 Å². The van der Waals surface area contributed by atoms with Crippen LogP contribution >= 0.6 is 0 Å². The molecule has 0 atom stereocenters. The van der Waals surface area contributed by atoms with E-state index in [1.807, 2.05) is 51.1 Å². The molecule has 4 rings (SSSR count). The first kappa shape index (κ1) is 25.4. The summed E-state index contributed by atoms with van der Waals surface area (Å²) in [6, 6.07) is 20.1. The molecule has 1 heterocycles. The van der Waals surface area contributed by atoms with Crippen LogP contribution in [0.25, 0.3) is 21.9 Å². The summed E-state index contributed by atoms with van der Waals surface area (Å²) in [5.41, 5.74) is 3.09. The molecule has 186 valence electrons. The molecule has 0 bridgehead atoms. The Morgan fingerprint density at radius 3 is 2.27 bits per heavy atom. The number of carbonyl (C=O) groups excluding carboxylic acids is 2. The number of nitrogens with zero attached hydrogens (tertiary/aromatic N) is 2. The number of anilines is 1. The number of aromatic nitrogens is 1. The molecule has 0 aliphatic carbocycles. The van der Waals surface area contributed by atoms with Crippen molar-refractivity contribution in [3.63, 3.8) is 0 Å². The minimum absolute atomic E-state index is 0.212. The van der Waals surface area contributed by atoms with Crippen molar-refractivity contribution >= 4 is 28.2 Å². The number of carbonyl (C=O) groups is 2. The first-order valence-corrected chi connectivity index (χ1v) is 11.7. The monoisotopic (exact) mass is 493 g/mol. The third-order valence-electron chi connectivity index (χ3n) is 6.16. The lowest BCUT2D eigenvalue weighted by atomic mass is 9.85. The van der Waals surface area contributed by atoms with Crippen molar-refractivity contribution in [2.24, 2.45) is 0 Å². The number of amides is 1. The van der Waals surface area contributed by atoms with Crippen molar-refractivity contribution in [1.29, 1.82) is 5.26 Å². The Hall–Kier alpha value is -4.70. The van der Waals surface area contributed by atoms with Gasteiger partial charge in [0.2, 0.25) is 5.88 Å². The fourth-order valence-electron chi connectivity index (χ4n) is 4.17. The van der Waals surface area contributed by atoms with E-state index in [0.29, 0.717) is 11.3 Å². The van der Waals surface area contributed by atoms with E-state index in [9.17, 15) is 14.9 Å². The molecule has 0 saturated heterocycles. The van der Waals surface area contributed by atoms with E-state index in [1.54, 1.807) is 43.6 Å². The predicted molar refractivity (Wildman–Crippen MR) is 143 cm³/mol. The molecule has 0 fully saturated rings. The number of benzene rings is 3. The van der Waals surface area contributed by atoms with E-state index in [2.05, 4.69) is 16.4 Å². The van der Waals surface area contributed by atoms with Crippen LogP contribution in [0.1, 0.15) is 42.3 Å². The van der Waals surface area contributed by atoms with Crippen molar-refractivity contribution in [2.75, 3.05) is 19.5 Å². The number of fused-ring (bicyclic) bond motifs is 1. The molecule has 1 amide bonds. The molecular formula is C30H27N3O4. The SMILES string of the molecule is COc1ccc(-c2ccc(C(=O)C(=O)Nc3cc(C(C)(C)C)cc(C#N)c3OC)c3ccccc23)cn1. The Bertz CT molecular complexity index is 1540. The van der Waals surface area contributed by atoms with E-state index >= 15 is 0 Å². The largest absolute Gasteiger partial charge is 0.493 e. The maximum Gasteiger partial charge on any atom is 0.296 e. The van der Waals surface area contributed by atoms with Crippen LogP contribution in [-0.4, -0.2) is 30.9 Å². The molecular weight excluding hydrogens is 466 g/mol. The van der Waals surface area contributed by atoms with Crippen LogP contribution in [0.4, 0.5) is 5.69 Å². The number of nitrogens with one attached hydrogen (secondary N) is 1. The molecule has 3 aromatic carbocycles. The van der Waals surface area contributed by atoms with Crippen LogP contribution < -0.4 is 14.8 Å². The zero-order valence-corrected chi connectivity index (χ0v) is 21.4. The fourth-order valence-corrected chi connectivity index (χ4v) is 4.17. The topological polar surface area (TPSA) is 101 Å². The quantitative estimate of drug-likeness (QED) is 0.265. The van der Waals surface area contributed by atoms with Crippen molar-refractivity contribution in [3.8, 4) is 28.8 Å². The number of ketones is 1. The van der Waals surface area contributed by atoms with Gasteiger partial charge in [-0.1, -0.05) is 51.1 Å². The number of nitriles is 1. The van der Waals surface area contributed by atoms with E-state index in [4.69, 9.17) is 9.47 Å². The number of methoxy groups -OCH3 is 2. The molecule has 0 aliphatic rings. The Morgan fingerprint density at radius 2 is 1.68 bits per heavy atom. The Labute approximate surface area is 215 Å². The molecule has 1 aromatic heterocycles. The van der Waals surface area contributed by atoms with Crippen LogP contribution in [-0.2, 0) is 10.2 Å². The first-order chi connectivity index (χ1) is 17.7. The summed E-state index contributed by atoms with van der Waals surface area (Å²) in [5.74, 6) is -0.805. The van der Waals surface area contributed by atoms with Gasteiger partial charge in [-0.2, -0.15) is 5.26 Å². The third-order valence-corrected chi connectivity index (χ3v) is 6.16. The van der Waals surface area contributed by atoms with Gasteiger partial charge >= 0.3 is 0 Å². The van der Waals surface area contributed by atoms with Crippen LogP contribution in [0.2, 0.25) is 0 Å². The van der Waals surface area contributed by atoms with Gasteiger partial charge in [0.1, 0.15) is 6.07 Å². The molecule has 0 aliphatic heterocycles. The van der Waals surface area contributed by atoms with E-state index in [-0.39, 0.29) is 28.0 Å².